The zero-order valence-corrected chi connectivity index (χ0v) is 17.4. The highest BCUT2D eigenvalue weighted by Gasteiger charge is 2.18. The summed E-state index contributed by atoms with van der Waals surface area (Å²) in [6, 6.07) is 14.9. The molecule has 2 aromatic carbocycles. The normalized spacial score (nSPS) is 14.7. The fraction of sp³-hybridized carbons (Fsp3) is 0.364. The summed E-state index contributed by atoms with van der Waals surface area (Å²) in [6.45, 7) is 3.30. The number of morpholine rings is 1. The minimum absolute atomic E-state index is 0.137. The van der Waals surface area contributed by atoms with Gasteiger partial charge in [-0.2, -0.15) is 0 Å². The number of benzene rings is 2. The molecule has 0 aliphatic carbocycles. The first-order valence-electron chi connectivity index (χ1n) is 10.0. The predicted octanol–water partition coefficient (Wildman–Crippen LogP) is 0.624. The van der Waals surface area contributed by atoms with Gasteiger partial charge in [-0.05, 0) is 24.3 Å². The van der Waals surface area contributed by atoms with Crippen molar-refractivity contribution in [3.05, 3.63) is 48.5 Å². The lowest BCUT2D eigenvalue weighted by Crippen LogP contribution is -3.11. The van der Waals surface area contributed by atoms with E-state index >= 15 is 0 Å². The number of quaternary nitrogens is 1. The van der Waals surface area contributed by atoms with E-state index in [1.54, 1.807) is 19.2 Å². The maximum absolute atomic E-state index is 12.6. The molecule has 3 rings (SSSR count). The Morgan fingerprint density at radius 2 is 1.73 bits per heavy atom. The predicted molar refractivity (Wildman–Crippen MR) is 116 cm³/mol. The van der Waals surface area contributed by atoms with E-state index in [9.17, 15) is 9.59 Å². The SMILES string of the molecule is COc1cccc(NC(=O)C[NH+](C)CC(=O)Nc2ccccc2N2CCOCC2)c1. The summed E-state index contributed by atoms with van der Waals surface area (Å²) in [5, 5.41) is 5.82. The molecule has 1 fully saturated rings. The summed E-state index contributed by atoms with van der Waals surface area (Å²) >= 11 is 0. The van der Waals surface area contributed by atoms with Crippen LogP contribution >= 0.6 is 0 Å². The van der Waals surface area contributed by atoms with Gasteiger partial charge in [-0.15, -0.1) is 0 Å². The number of nitrogens with zero attached hydrogens (tertiary/aromatic N) is 1. The summed E-state index contributed by atoms with van der Waals surface area (Å²) in [5.41, 5.74) is 2.43. The molecule has 0 saturated carbocycles. The molecule has 1 unspecified atom stereocenters. The summed E-state index contributed by atoms with van der Waals surface area (Å²) in [7, 11) is 3.40. The second-order valence-electron chi connectivity index (χ2n) is 7.26. The van der Waals surface area contributed by atoms with Crippen LogP contribution < -0.4 is 25.2 Å². The van der Waals surface area contributed by atoms with Crippen LogP contribution in [0.4, 0.5) is 17.1 Å². The van der Waals surface area contributed by atoms with E-state index in [1.165, 1.54) is 0 Å². The van der Waals surface area contributed by atoms with E-state index in [2.05, 4.69) is 15.5 Å². The minimum atomic E-state index is -0.165. The van der Waals surface area contributed by atoms with Crippen LogP contribution in [0.3, 0.4) is 0 Å². The molecular formula is C22H29N4O4+. The van der Waals surface area contributed by atoms with Crippen LogP contribution in [0.25, 0.3) is 0 Å². The van der Waals surface area contributed by atoms with Gasteiger partial charge >= 0.3 is 0 Å². The molecule has 0 spiro atoms. The third-order valence-electron chi connectivity index (χ3n) is 4.81. The van der Waals surface area contributed by atoms with Gasteiger partial charge in [-0.3, -0.25) is 9.59 Å². The number of hydrogen-bond acceptors (Lipinski definition) is 5. The fourth-order valence-corrected chi connectivity index (χ4v) is 3.37. The number of methoxy groups -OCH3 is 1. The Labute approximate surface area is 176 Å². The number of ether oxygens (including phenoxy) is 2. The highest BCUT2D eigenvalue weighted by atomic mass is 16.5. The van der Waals surface area contributed by atoms with Crippen molar-refractivity contribution >= 4 is 28.9 Å². The maximum atomic E-state index is 12.6. The lowest BCUT2D eigenvalue weighted by atomic mass is 10.2. The molecular weight excluding hydrogens is 384 g/mol. The van der Waals surface area contributed by atoms with Gasteiger partial charge in [0.15, 0.2) is 13.1 Å². The zero-order chi connectivity index (χ0) is 21.3. The van der Waals surface area contributed by atoms with Crippen molar-refractivity contribution in [3.63, 3.8) is 0 Å². The van der Waals surface area contributed by atoms with Crippen LogP contribution in [0, 0.1) is 0 Å². The number of para-hydroxylation sites is 2. The fourth-order valence-electron chi connectivity index (χ4n) is 3.37. The summed E-state index contributed by atoms with van der Waals surface area (Å²) < 4.78 is 10.6. The quantitative estimate of drug-likeness (QED) is 0.591. The summed E-state index contributed by atoms with van der Waals surface area (Å²) in [6.07, 6.45) is 0. The zero-order valence-electron chi connectivity index (χ0n) is 17.4. The van der Waals surface area contributed by atoms with Gasteiger partial charge in [-0.25, -0.2) is 0 Å². The Balaban J connectivity index is 1.51. The minimum Gasteiger partial charge on any atom is -0.497 e. The smallest absolute Gasteiger partial charge is 0.279 e. The number of rotatable bonds is 8. The van der Waals surface area contributed by atoms with Crippen molar-refractivity contribution in [2.24, 2.45) is 0 Å². The van der Waals surface area contributed by atoms with E-state index in [0.29, 0.717) is 24.7 Å². The number of anilines is 3. The van der Waals surface area contributed by atoms with Crippen LogP contribution in [-0.4, -0.2) is 65.4 Å². The van der Waals surface area contributed by atoms with Crippen molar-refractivity contribution in [1.82, 2.24) is 0 Å². The molecule has 2 amide bonds. The van der Waals surface area contributed by atoms with E-state index in [0.717, 1.165) is 29.4 Å². The van der Waals surface area contributed by atoms with Gasteiger partial charge in [0.25, 0.3) is 11.8 Å². The first-order valence-corrected chi connectivity index (χ1v) is 10.0. The van der Waals surface area contributed by atoms with Crippen LogP contribution in [0.2, 0.25) is 0 Å². The molecule has 3 N–H and O–H groups in total. The Hall–Kier alpha value is -3.10. The number of carbonyl (C=O) groups is 2. The van der Waals surface area contributed by atoms with Gasteiger partial charge < -0.3 is 29.9 Å². The second kappa shape index (κ2) is 10.6. The molecule has 160 valence electrons. The Kier molecular flexibility index (Phi) is 7.64. The van der Waals surface area contributed by atoms with Crippen molar-refractivity contribution < 1.29 is 24.0 Å². The molecule has 1 aliphatic rings. The van der Waals surface area contributed by atoms with Crippen LogP contribution in [0.15, 0.2) is 48.5 Å². The lowest BCUT2D eigenvalue weighted by molar-refractivity contribution is -0.862. The van der Waals surface area contributed by atoms with E-state index in [4.69, 9.17) is 9.47 Å². The Morgan fingerprint density at radius 3 is 2.47 bits per heavy atom. The van der Waals surface area contributed by atoms with Gasteiger partial charge in [0, 0.05) is 24.8 Å². The molecule has 8 nitrogen and oxygen atoms in total. The monoisotopic (exact) mass is 413 g/mol. The van der Waals surface area contributed by atoms with Crippen LogP contribution in [-0.2, 0) is 14.3 Å². The number of amides is 2. The molecule has 8 heteroatoms. The number of carbonyl (C=O) groups excluding carboxylic acids is 2. The average molecular weight is 413 g/mol. The second-order valence-corrected chi connectivity index (χ2v) is 7.26. The largest absolute Gasteiger partial charge is 0.497 e. The topological polar surface area (TPSA) is 84.3 Å². The van der Waals surface area contributed by atoms with Gasteiger partial charge in [0.2, 0.25) is 0 Å². The Morgan fingerprint density at radius 1 is 1.03 bits per heavy atom. The van der Waals surface area contributed by atoms with Crippen molar-refractivity contribution in [2.75, 3.05) is 69.1 Å². The molecule has 1 heterocycles. The molecule has 1 atom stereocenters. The molecule has 1 saturated heterocycles. The number of nitrogens with one attached hydrogen (secondary N) is 3. The molecule has 1 aliphatic heterocycles. The lowest BCUT2D eigenvalue weighted by Gasteiger charge is -2.30. The van der Waals surface area contributed by atoms with Gasteiger partial charge in [0.05, 0.1) is 38.7 Å². The first-order chi connectivity index (χ1) is 14.5. The molecule has 0 bridgehead atoms. The number of likely N-dealkylation sites (N-methyl/N-ethyl adjacent to an activating group) is 1. The molecule has 0 radical (unpaired) electrons. The molecule has 0 aromatic heterocycles. The molecule has 30 heavy (non-hydrogen) atoms. The Bertz CT molecular complexity index is 868. The maximum Gasteiger partial charge on any atom is 0.279 e. The van der Waals surface area contributed by atoms with E-state index in [1.807, 2.05) is 43.4 Å². The van der Waals surface area contributed by atoms with E-state index < -0.39 is 0 Å². The summed E-state index contributed by atoms with van der Waals surface area (Å²) in [5.74, 6) is 0.372. The first kappa shape index (κ1) is 21.6. The summed E-state index contributed by atoms with van der Waals surface area (Å²) in [4.78, 5) is 27.9. The van der Waals surface area contributed by atoms with Crippen molar-refractivity contribution in [1.29, 1.82) is 0 Å². The van der Waals surface area contributed by atoms with Gasteiger partial charge in [0.1, 0.15) is 5.75 Å². The van der Waals surface area contributed by atoms with Gasteiger partial charge in [-0.1, -0.05) is 18.2 Å². The highest BCUT2D eigenvalue weighted by molar-refractivity contribution is 5.95. The molecule has 2 aromatic rings. The average Bonchev–Trinajstić information content (AvgIpc) is 2.74. The third-order valence-corrected chi connectivity index (χ3v) is 4.81. The van der Waals surface area contributed by atoms with E-state index in [-0.39, 0.29) is 24.9 Å². The van der Waals surface area contributed by atoms with Crippen molar-refractivity contribution in [3.8, 4) is 5.75 Å². The third kappa shape index (κ3) is 6.20. The van der Waals surface area contributed by atoms with Crippen LogP contribution in [0.5, 0.6) is 5.75 Å². The standard InChI is InChI=1S/C22H28N4O4/c1-25(15-21(27)23-17-6-5-7-18(14-17)29-2)16-22(28)24-19-8-3-4-9-20(19)26-10-12-30-13-11-26/h3-9,14H,10-13,15-16H2,1-2H3,(H,23,27)(H,24,28)/p+1. The highest BCUT2D eigenvalue weighted by Crippen LogP contribution is 2.26. The van der Waals surface area contributed by atoms with Crippen LogP contribution in [0.1, 0.15) is 0 Å². The number of hydrogen-bond donors (Lipinski definition) is 3. The van der Waals surface area contributed by atoms with Crippen molar-refractivity contribution in [2.45, 2.75) is 0 Å².